The molecule has 6 nitrogen and oxygen atoms in total. The van der Waals surface area contributed by atoms with Crippen molar-refractivity contribution in [2.24, 2.45) is 0 Å². The molecule has 1 atom stereocenters. The van der Waals surface area contributed by atoms with E-state index in [1.165, 1.54) is 6.92 Å². The second-order valence-electron chi connectivity index (χ2n) is 3.34. The first kappa shape index (κ1) is 14.9. The van der Waals surface area contributed by atoms with Gasteiger partial charge in [-0.3, -0.25) is 9.59 Å². The quantitative estimate of drug-likeness (QED) is 0.548. The van der Waals surface area contributed by atoms with E-state index in [0.29, 0.717) is 26.2 Å². The van der Waals surface area contributed by atoms with E-state index in [0.717, 1.165) is 0 Å². The molecule has 2 N–H and O–H groups in total. The Hall–Kier alpha value is -1.14. The number of methoxy groups -OCH3 is 1. The van der Waals surface area contributed by atoms with E-state index in [9.17, 15) is 9.59 Å². The van der Waals surface area contributed by atoms with Gasteiger partial charge in [0.25, 0.3) is 0 Å². The number of nitrogens with one attached hydrogen (secondary N) is 1. The maximum Gasteiger partial charge on any atom is 0.325 e. The normalized spacial score (nSPS) is 12.1. The van der Waals surface area contributed by atoms with Crippen LogP contribution in [-0.2, 0) is 19.1 Å². The molecule has 1 unspecified atom stereocenters. The Bertz CT molecular complexity index is 219. The molecule has 0 spiro atoms. The van der Waals surface area contributed by atoms with Gasteiger partial charge in [0.2, 0.25) is 5.91 Å². The average Bonchev–Trinajstić information content (AvgIpc) is 2.23. The molecule has 94 valence electrons. The molecule has 0 saturated carbocycles. The van der Waals surface area contributed by atoms with Crippen LogP contribution in [0, 0.1) is 0 Å². The van der Waals surface area contributed by atoms with Gasteiger partial charge in [-0.15, -0.1) is 0 Å². The summed E-state index contributed by atoms with van der Waals surface area (Å²) >= 11 is 0. The van der Waals surface area contributed by atoms with E-state index in [4.69, 9.17) is 14.6 Å². The fraction of sp³-hybridized carbons (Fsp3) is 0.800. The highest BCUT2D eigenvalue weighted by molar-refractivity contribution is 5.83. The first-order valence-corrected chi connectivity index (χ1v) is 5.16. The van der Waals surface area contributed by atoms with Crippen molar-refractivity contribution in [1.82, 2.24) is 5.32 Å². The Labute approximate surface area is 94.9 Å². The third-order valence-electron chi connectivity index (χ3n) is 1.87. The molecule has 0 heterocycles. The topological polar surface area (TPSA) is 84.9 Å². The van der Waals surface area contributed by atoms with Crippen molar-refractivity contribution >= 4 is 11.9 Å². The van der Waals surface area contributed by atoms with Gasteiger partial charge >= 0.3 is 5.97 Å². The Kier molecular flexibility index (Phi) is 8.46. The fourth-order valence-corrected chi connectivity index (χ4v) is 0.954. The molecule has 1 amide bonds. The Morgan fingerprint density at radius 1 is 1.31 bits per heavy atom. The van der Waals surface area contributed by atoms with Crippen molar-refractivity contribution in [3.05, 3.63) is 0 Å². The molecule has 0 radical (unpaired) electrons. The van der Waals surface area contributed by atoms with Crippen LogP contribution in [0.15, 0.2) is 0 Å². The zero-order chi connectivity index (χ0) is 12.4. The highest BCUT2D eigenvalue weighted by atomic mass is 16.5. The zero-order valence-electron chi connectivity index (χ0n) is 9.69. The van der Waals surface area contributed by atoms with Gasteiger partial charge in [0.15, 0.2) is 0 Å². The summed E-state index contributed by atoms with van der Waals surface area (Å²) in [6.07, 6.45) is 0.840. The van der Waals surface area contributed by atoms with Crippen LogP contribution in [-0.4, -0.2) is 50.0 Å². The third kappa shape index (κ3) is 8.19. The van der Waals surface area contributed by atoms with Crippen molar-refractivity contribution < 1.29 is 24.2 Å². The number of ether oxygens (including phenoxy) is 2. The molecule has 0 rings (SSSR count). The van der Waals surface area contributed by atoms with E-state index in [1.807, 2.05) is 0 Å². The molecule has 0 aliphatic heterocycles. The first-order valence-electron chi connectivity index (χ1n) is 5.16. The Morgan fingerprint density at radius 3 is 2.56 bits per heavy atom. The van der Waals surface area contributed by atoms with Crippen molar-refractivity contribution in [3.63, 3.8) is 0 Å². The molecule has 0 aliphatic carbocycles. The van der Waals surface area contributed by atoms with Crippen LogP contribution >= 0.6 is 0 Å². The lowest BCUT2D eigenvalue weighted by Crippen LogP contribution is -2.38. The minimum atomic E-state index is -1.04. The smallest absolute Gasteiger partial charge is 0.325 e. The first-order chi connectivity index (χ1) is 7.57. The number of carboxylic acid groups (broad SMARTS) is 1. The fourth-order valence-electron chi connectivity index (χ4n) is 0.954. The Morgan fingerprint density at radius 2 is 2.00 bits per heavy atom. The molecular formula is C10H19NO5. The lowest BCUT2D eigenvalue weighted by molar-refractivity contribution is -0.141. The predicted octanol–water partition coefficient (Wildman–Crippen LogP) is 0.0189. The van der Waals surface area contributed by atoms with Gasteiger partial charge in [-0.2, -0.15) is 0 Å². The number of hydrogen-bond acceptors (Lipinski definition) is 4. The highest BCUT2D eigenvalue weighted by Gasteiger charge is 2.12. The summed E-state index contributed by atoms with van der Waals surface area (Å²) in [4.78, 5) is 21.6. The lowest BCUT2D eigenvalue weighted by atomic mass is 10.2. The van der Waals surface area contributed by atoms with E-state index >= 15 is 0 Å². The molecule has 6 heteroatoms. The van der Waals surface area contributed by atoms with E-state index in [2.05, 4.69) is 5.32 Å². The van der Waals surface area contributed by atoms with Crippen molar-refractivity contribution in [2.75, 3.05) is 26.9 Å². The third-order valence-corrected chi connectivity index (χ3v) is 1.87. The highest BCUT2D eigenvalue weighted by Crippen LogP contribution is 1.92. The second-order valence-corrected chi connectivity index (χ2v) is 3.34. The minimum absolute atomic E-state index is 0.268. The molecule has 16 heavy (non-hydrogen) atoms. The summed E-state index contributed by atoms with van der Waals surface area (Å²) in [6.45, 7) is 2.93. The number of amides is 1. The summed E-state index contributed by atoms with van der Waals surface area (Å²) in [7, 11) is 1.59. The minimum Gasteiger partial charge on any atom is -0.480 e. The van der Waals surface area contributed by atoms with Gasteiger partial charge in [-0.05, 0) is 13.3 Å². The van der Waals surface area contributed by atoms with Gasteiger partial charge in [-0.25, -0.2) is 0 Å². The second kappa shape index (κ2) is 9.11. The maximum atomic E-state index is 11.2. The number of aliphatic carboxylic acids is 1. The molecule has 0 aromatic carbocycles. The lowest BCUT2D eigenvalue weighted by Gasteiger charge is -2.09. The SMILES string of the molecule is COCCOCCCC(=O)NC(C)C(=O)O. The molecule has 0 aliphatic rings. The number of hydrogen-bond donors (Lipinski definition) is 2. The largest absolute Gasteiger partial charge is 0.480 e. The van der Waals surface area contributed by atoms with Gasteiger partial charge in [0.1, 0.15) is 6.04 Å². The van der Waals surface area contributed by atoms with E-state index < -0.39 is 12.0 Å². The molecule has 0 fully saturated rings. The van der Waals surface area contributed by atoms with Crippen LogP contribution in [0.25, 0.3) is 0 Å². The van der Waals surface area contributed by atoms with Gasteiger partial charge < -0.3 is 19.9 Å². The number of rotatable bonds is 9. The van der Waals surface area contributed by atoms with Gasteiger partial charge in [-0.1, -0.05) is 0 Å². The van der Waals surface area contributed by atoms with Crippen molar-refractivity contribution in [1.29, 1.82) is 0 Å². The molecule has 0 bridgehead atoms. The van der Waals surface area contributed by atoms with Gasteiger partial charge in [0.05, 0.1) is 13.2 Å². The van der Waals surface area contributed by atoms with E-state index in [1.54, 1.807) is 7.11 Å². The molecule has 0 saturated heterocycles. The van der Waals surface area contributed by atoms with Crippen molar-refractivity contribution in [3.8, 4) is 0 Å². The zero-order valence-corrected chi connectivity index (χ0v) is 9.69. The Balaban J connectivity index is 3.40. The van der Waals surface area contributed by atoms with Crippen LogP contribution in [0.4, 0.5) is 0 Å². The van der Waals surface area contributed by atoms with Crippen LogP contribution in [0.3, 0.4) is 0 Å². The summed E-state index contributed by atoms with van der Waals surface area (Å²) in [5, 5.41) is 10.9. The van der Waals surface area contributed by atoms with E-state index in [-0.39, 0.29) is 12.3 Å². The van der Waals surface area contributed by atoms with Gasteiger partial charge in [0, 0.05) is 20.1 Å². The summed E-state index contributed by atoms with van der Waals surface area (Å²) < 4.78 is 9.93. The standard InChI is InChI=1S/C10H19NO5/c1-8(10(13)14)11-9(12)4-3-5-16-7-6-15-2/h8H,3-7H2,1-2H3,(H,11,12)(H,13,14). The number of carboxylic acids is 1. The van der Waals surface area contributed by atoms with Crippen LogP contribution in [0.5, 0.6) is 0 Å². The summed E-state index contributed by atoms with van der Waals surface area (Å²) in [6, 6.07) is -0.845. The summed E-state index contributed by atoms with van der Waals surface area (Å²) in [5.41, 5.74) is 0. The molecule has 0 aromatic heterocycles. The number of carbonyl (C=O) groups is 2. The maximum absolute atomic E-state index is 11.2. The van der Waals surface area contributed by atoms with Crippen LogP contribution < -0.4 is 5.32 Å². The molecule has 0 aromatic rings. The average molecular weight is 233 g/mol. The predicted molar refractivity (Wildman–Crippen MR) is 57.2 cm³/mol. The molecular weight excluding hydrogens is 214 g/mol. The van der Waals surface area contributed by atoms with Crippen LogP contribution in [0.1, 0.15) is 19.8 Å². The van der Waals surface area contributed by atoms with Crippen molar-refractivity contribution in [2.45, 2.75) is 25.8 Å². The summed E-state index contributed by atoms with van der Waals surface area (Å²) in [5.74, 6) is -1.31. The number of carbonyl (C=O) groups excluding carboxylic acids is 1. The monoisotopic (exact) mass is 233 g/mol. The van der Waals surface area contributed by atoms with Crippen LogP contribution in [0.2, 0.25) is 0 Å².